The fourth-order valence-corrected chi connectivity index (χ4v) is 4.04. The van der Waals surface area contributed by atoms with Crippen LogP contribution in [0, 0.1) is 5.82 Å². The predicted octanol–water partition coefficient (Wildman–Crippen LogP) is 3.96. The quantitative estimate of drug-likeness (QED) is 0.811. The lowest BCUT2D eigenvalue weighted by Crippen LogP contribution is -2.41. The summed E-state index contributed by atoms with van der Waals surface area (Å²) in [7, 11) is 0. The molecule has 1 atom stereocenters. The number of amides is 2. The molecule has 29 heavy (non-hydrogen) atoms. The smallest absolute Gasteiger partial charge is 0.259 e. The summed E-state index contributed by atoms with van der Waals surface area (Å²) in [6.45, 7) is 2.01. The molecule has 0 radical (unpaired) electrons. The summed E-state index contributed by atoms with van der Waals surface area (Å²) >= 11 is 1.13. The largest absolute Gasteiger partial charge is 0.323 e. The Morgan fingerprint density at radius 1 is 1.21 bits per heavy atom. The maximum atomic E-state index is 13.7. The maximum Gasteiger partial charge on any atom is 0.259 e. The van der Waals surface area contributed by atoms with E-state index in [1.807, 2.05) is 31.2 Å². The number of thioether (sulfide) groups is 1. The molecule has 0 fully saturated rings. The van der Waals surface area contributed by atoms with E-state index in [-0.39, 0.29) is 23.3 Å². The first-order chi connectivity index (χ1) is 14.1. The third kappa shape index (κ3) is 3.80. The van der Waals surface area contributed by atoms with Crippen molar-refractivity contribution in [3.63, 3.8) is 0 Å². The van der Waals surface area contributed by atoms with Gasteiger partial charge in [-0.05, 0) is 30.7 Å². The molecule has 0 spiro atoms. The third-order valence-corrected chi connectivity index (χ3v) is 5.53. The Hall–Kier alpha value is -3.00. The van der Waals surface area contributed by atoms with E-state index in [1.165, 1.54) is 17.0 Å². The molecule has 2 heterocycles. The first-order valence-electron chi connectivity index (χ1n) is 9.35. The van der Waals surface area contributed by atoms with E-state index >= 15 is 0 Å². The summed E-state index contributed by atoms with van der Waals surface area (Å²) in [5.74, 6) is -0.434. The van der Waals surface area contributed by atoms with Gasteiger partial charge in [0, 0.05) is 5.56 Å². The molecule has 0 bridgehead atoms. The molecule has 2 aliphatic heterocycles. The summed E-state index contributed by atoms with van der Waals surface area (Å²) in [5, 5.41) is 2.96. The number of hydrogen-bond acceptors (Lipinski definition) is 5. The van der Waals surface area contributed by atoms with Crippen molar-refractivity contribution in [3.8, 4) is 0 Å². The predicted molar refractivity (Wildman–Crippen MR) is 113 cm³/mol. The Balaban J connectivity index is 1.55. The number of benzene rings is 2. The van der Waals surface area contributed by atoms with E-state index in [2.05, 4.69) is 15.3 Å². The minimum absolute atomic E-state index is 0.00909. The van der Waals surface area contributed by atoms with Gasteiger partial charge in [-0.2, -0.15) is 0 Å². The zero-order valence-corrected chi connectivity index (χ0v) is 16.6. The van der Waals surface area contributed by atoms with E-state index < -0.39 is 11.9 Å². The lowest BCUT2D eigenvalue weighted by molar-refractivity contribution is -0.124. The molecule has 2 aliphatic rings. The highest BCUT2D eigenvalue weighted by Gasteiger charge is 2.40. The molecule has 2 aromatic carbocycles. The van der Waals surface area contributed by atoms with Crippen LogP contribution in [-0.2, 0) is 9.59 Å². The van der Waals surface area contributed by atoms with Crippen molar-refractivity contribution in [2.24, 2.45) is 9.98 Å². The minimum atomic E-state index is -0.499. The number of carbonyl (C=O) groups is 2. The van der Waals surface area contributed by atoms with Gasteiger partial charge in [0.05, 0.1) is 17.1 Å². The zero-order valence-electron chi connectivity index (χ0n) is 15.8. The molecule has 8 heteroatoms. The van der Waals surface area contributed by atoms with Crippen molar-refractivity contribution in [2.75, 3.05) is 11.1 Å². The van der Waals surface area contributed by atoms with Crippen LogP contribution in [0.15, 0.2) is 58.5 Å². The number of fused-ring (bicyclic) bond motifs is 3. The van der Waals surface area contributed by atoms with Crippen LogP contribution < -0.4 is 5.32 Å². The second kappa shape index (κ2) is 8.16. The van der Waals surface area contributed by atoms with Gasteiger partial charge >= 0.3 is 0 Å². The van der Waals surface area contributed by atoms with Crippen LogP contribution in [0.3, 0.4) is 0 Å². The number of aliphatic imine (C=N–C) groups is 2. The topological polar surface area (TPSA) is 74.1 Å². The molecule has 6 nitrogen and oxygen atoms in total. The summed E-state index contributed by atoms with van der Waals surface area (Å²) in [5.41, 5.74) is 1.64. The van der Waals surface area contributed by atoms with Crippen molar-refractivity contribution >= 4 is 46.0 Å². The minimum Gasteiger partial charge on any atom is -0.323 e. The molecule has 0 saturated heterocycles. The Bertz CT molecular complexity index is 1040. The molecule has 2 amide bonds. The number of nitrogens with zero attached hydrogens (tertiary/aromatic N) is 3. The fourth-order valence-electron chi connectivity index (χ4n) is 3.24. The van der Waals surface area contributed by atoms with Gasteiger partial charge in [-0.15, -0.1) is 0 Å². The van der Waals surface area contributed by atoms with Gasteiger partial charge in [0.15, 0.2) is 5.17 Å². The molecule has 2 aromatic rings. The van der Waals surface area contributed by atoms with Crippen molar-refractivity contribution in [1.29, 1.82) is 0 Å². The van der Waals surface area contributed by atoms with Gasteiger partial charge in [-0.25, -0.2) is 14.3 Å². The van der Waals surface area contributed by atoms with Crippen molar-refractivity contribution in [2.45, 2.75) is 25.8 Å². The van der Waals surface area contributed by atoms with E-state index in [0.29, 0.717) is 23.1 Å². The van der Waals surface area contributed by atoms with Crippen molar-refractivity contribution in [3.05, 3.63) is 59.9 Å². The fraction of sp³-hybridized carbons (Fsp3) is 0.238. The molecule has 148 valence electrons. The zero-order chi connectivity index (χ0) is 20.4. The average Bonchev–Trinajstić information content (AvgIpc) is 3.05. The average molecular weight is 410 g/mol. The standard InChI is InChI=1S/C21H19FN4O2S/c1-2-7-17-20(28)26-19(24-17)13-8-3-5-10-15(13)25-21(26)29-12-18(27)23-16-11-6-4-9-14(16)22/h3-6,8-11,17H,2,7,12H2,1H3,(H,23,27). The monoisotopic (exact) mass is 410 g/mol. The lowest BCUT2D eigenvalue weighted by atomic mass is 10.1. The highest BCUT2D eigenvalue weighted by Crippen LogP contribution is 2.34. The highest BCUT2D eigenvalue weighted by molar-refractivity contribution is 8.14. The molecule has 1 unspecified atom stereocenters. The Kier molecular flexibility index (Phi) is 5.44. The van der Waals surface area contributed by atoms with Crippen LogP contribution in [0.25, 0.3) is 0 Å². The van der Waals surface area contributed by atoms with E-state index in [1.54, 1.807) is 12.1 Å². The third-order valence-electron chi connectivity index (χ3n) is 4.59. The number of anilines is 1. The van der Waals surface area contributed by atoms with Crippen molar-refractivity contribution < 1.29 is 14.0 Å². The SMILES string of the molecule is CCCC1N=C2c3ccccc3N=C(SCC(=O)Nc3ccccc3F)N2C1=O. The van der Waals surface area contributed by atoms with Crippen LogP contribution in [0.5, 0.6) is 0 Å². The molecular weight excluding hydrogens is 391 g/mol. The first kappa shape index (κ1) is 19.3. The van der Waals surface area contributed by atoms with Gasteiger partial charge in [0.1, 0.15) is 17.7 Å². The molecule has 0 aliphatic carbocycles. The first-order valence-corrected chi connectivity index (χ1v) is 10.3. The van der Waals surface area contributed by atoms with Crippen LogP contribution in [0.2, 0.25) is 0 Å². The van der Waals surface area contributed by atoms with Gasteiger partial charge < -0.3 is 5.32 Å². The van der Waals surface area contributed by atoms with Gasteiger partial charge in [0.25, 0.3) is 5.91 Å². The molecule has 1 N–H and O–H groups in total. The van der Waals surface area contributed by atoms with Gasteiger partial charge in [0.2, 0.25) is 5.91 Å². The maximum absolute atomic E-state index is 13.7. The van der Waals surface area contributed by atoms with E-state index in [4.69, 9.17) is 0 Å². The summed E-state index contributed by atoms with van der Waals surface area (Å²) < 4.78 is 13.7. The van der Waals surface area contributed by atoms with Gasteiger partial charge in [-0.3, -0.25) is 14.6 Å². The van der Waals surface area contributed by atoms with Crippen molar-refractivity contribution in [1.82, 2.24) is 4.90 Å². The molecule has 4 rings (SSSR count). The number of rotatable bonds is 5. The Morgan fingerprint density at radius 3 is 2.76 bits per heavy atom. The van der Waals surface area contributed by atoms with Crippen LogP contribution in [-0.4, -0.2) is 39.5 Å². The van der Waals surface area contributed by atoms with Gasteiger partial charge in [-0.1, -0.05) is 49.4 Å². The number of para-hydroxylation sites is 2. The number of nitrogens with one attached hydrogen (secondary N) is 1. The second-order valence-electron chi connectivity index (χ2n) is 6.66. The number of hydrogen-bond donors (Lipinski definition) is 1. The number of amidine groups is 2. The summed E-state index contributed by atoms with van der Waals surface area (Å²) in [4.78, 5) is 35.9. The lowest BCUT2D eigenvalue weighted by Gasteiger charge is -2.25. The van der Waals surface area contributed by atoms with E-state index in [0.717, 1.165) is 23.7 Å². The Morgan fingerprint density at radius 2 is 1.97 bits per heavy atom. The number of halogens is 1. The highest BCUT2D eigenvalue weighted by atomic mass is 32.2. The second-order valence-corrected chi connectivity index (χ2v) is 7.60. The van der Waals surface area contributed by atoms with E-state index in [9.17, 15) is 14.0 Å². The Labute approximate surface area is 171 Å². The van der Waals surface area contributed by atoms with Crippen LogP contribution in [0.4, 0.5) is 15.8 Å². The van der Waals surface area contributed by atoms with Crippen LogP contribution in [0.1, 0.15) is 25.3 Å². The summed E-state index contributed by atoms with van der Waals surface area (Å²) in [6.07, 6.45) is 1.50. The molecular formula is C21H19FN4O2S. The molecule has 0 aromatic heterocycles. The number of carbonyl (C=O) groups excluding carboxylic acids is 2. The van der Waals surface area contributed by atoms with Crippen LogP contribution >= 0.6 is 11.8 Å². The summed E-state index contributed by atoms with van der Waals surface area (Å²) in [6, 6.07) is 13.0. The normalized spacial score (nSPS) is 17.4. The molecule has 0 saturated carbocycles.